The molecule has 0 saturated carbocycles. The van der Waals surface area contributed by atoms with Crippen LogP contribution in [0.4, 0.5) is 8.78 Å². The zero-order valence-electron chi connectivity index (χ0n) is 16.6. The molecular weight excluding hydrogens is 396 g/mol. The van der Waals surface area contributed by atoms with E-state index in [-0.39, 0.29) is 12.4 Å². The van der Waals surface area contributed by atoms with E-state index < -0.39 is 11.6 Å². The smallest absolute Gasteiger partial charge is 0.232 e. The highest BCUT2D eigenvalue weighted by atomic mass is 32.1. The summed E-state index contributed by atoms with van der Waals surface area (Å²) >= 11 is 1.24. The lowest BCUT2D eigenvalue weighted by Crippen LogP contribution is -2.03. The van der Waals surface area contributed by atoms with Gasteiger partial charge in [0.1, 0.15) is 12.4 Å². The van der Waals surface area contributed by atoms with Crippen molar-refractivity contribution >= 4 is 11.5 Å². The fourth-order valence-corrected chi connectivity index (χ4v) is 3.83. The van der Waals surface area contributed by atoms with Crippen LogP contribution >= 0.6 is 11.5 Å². The van der Waals surface area contributed by atoms with Crippen molar-refractivity contribution in [3.05, 3.63) is 59.2 Å². The van der Waals surface area contributed by atoms with E-state index in [9.17, 15) is 8.78 Å². The van der Waals surface area contributed by atoms with E-state index in [1.807, 2.05) is 31.2 Å². The lowest BCUT2D eigenvalue weighted by Gasteiger charge is -2.11. The number of unbranched alkanes of at least 4 members (excludes halogenated alkanes) is 1. The van der Waals surface area contributed by atoms with Crippen LogP contribution in [0, 0.1) is 11.6 Å². The molecule has 0 fully saturated rings. The van der Waals surface area contributed by atoms with Gasteiger partial charge in [0.05, 0.1) is 24.7 Å². The second kappa shape index (κ2) is 9.69. The summed E-state index contributed by atoms with van der Waals surface area (Å²) < 4.78 is 49.2. The maximum atomic E-state index is 14.4. The zero-order valence-corrected chi connectivity index (χ0v) is 17.4. The van der Waals surface area contributed by atoms with Gasteiger partial charge < -0.3 is 14.2 Å². The summed E-state index contributed by atoms with van der Waals surface area (Å²) in [6.07, 6.45) is 2.47. The van der Waals surface area contributed by atoms with Crippen molar-refractivity contribution < 1.29 is 23.0 Å². The highest BCUT2D eigenvalue weighted by molar-refractivity contribution is 7.10. The van der Waals surface area contributed by atoms with Crippen LogP contribution in [0.1, 0.15) is 30.9 Å². The molecule has 1 aromatic heterocycles. The van der Waals surface area contributed by atoms with Gasteiger partial charge in [0.2, 0.25) is 5.88 Å². The summed E-state index contributed by atoms with van der Waals surface area (Å²) in [5.74, 6) is -0.691. The van der Waals surface area contributed by atoms with Crippen LogP contribution in [0.25, 0.3) is 10.4 Å². The van der Waals surface area contributed by atoms with E-state index in [1.165, 1.54) is 30.8 Å². The average Bonchev–Trinajstić information content (AvgIpc) is 3.14. The number of halogens is 2. The first kappa shape index (κ1) is 21.0. The quantitative estimate of drug-likeness (QED) is 0.425. The Balaban J connectivity index is 1.84. The third kappa shape index (κ3) is 4.85. The Morgan fingerprint density at radius 1 is 1.00 bits per heavy atom. The van der Waals surface area contributed by atoms with Crippen LogP contribution < -0.4 is 14.2 Å². The Morgan fingerprint density at radius 3 is 2.28 bits per heavy atom. The Bertz CT molecular complexity index is 934. The van der Waals surface area contributed by atoms with Gasteiger partial charge in [0.15, 0.2) is 17.4 Å². The molecule has 2 aromatic carbocycles. The molecule has 0 radical (unpaired) electrons. The van der Waals surface area contributed by atoms with Gasteiger partial charge in [0, 0.05) is 0 Å². The van der Waals surface area contributed by atoms with Crippen molar-refractivity contribution in [1.29, 1.82) is 0 Å². The van der Waals surface area contributed by atoms with E-state index in [2.05, 4.69) is 4.37 Å². The SMILES string of the molecule is CCCCc1cc(F)c(OCc2c(OC)nsc2-c2ccc(OC)cc2)c(F)c1. The van der Waals surface area contributed by atoms with Crippen LogP contribution in [0.5, 0.6) is 17.4 Å². The first-order valence-electron chi connectivity index (χ1n) is 9.35. The predicted octanol–water partition coefficient (Wildman–Crippen LogP) is 6.03. The Kier molecular flexibility index (Phi) is 7.04. The van der Waals surface area contributed by atoms with Crippen LogP contribution in [0.3, 0.4) is 0 Å². The second-order valence-electron chi connectivity index (χ2n) is 6.51. The molecule has 0 N–H and O–H groups in total. The minimum absolute atomic E-state index is 0.0663. The minimum atomic E-state index is -0.704. The van der Waals surface area contributed by atoms with E-state index in [1.54, 1.807) is 7.11 Å². The van der Waals surface area contributed by atoms with Crippen LogP contribution in [0.15, 0.2) is 36.4 Å². The summed E-state index contributed by atoms with van der Waals surface area (Å²) in [6, 6.07) is 10.1. The highest BCUT2D eigenvalue weighted by Gasteiger charge is 2.19. The molecule has 0 unspecified atom stereocenters. The summed E-state index contributed by atoms with van der Waals surface area (Å²) in [4.78, 5) is 0.810. The zero-order chi connectivity index (χ0) is 20.8. The molecule has 0 atom stereocenters. The van der Waals surface area contributed by atoms with Gasteiger partial charge >= 0.3 is 0 Å². The fraction of sp³-hybridized carbons (Fsp3) is 0.318. The second-order valence-corrected chi connectivity index (χ2v) is 7.28. The molecule has 0 saturated heterocycles. The number of ether oxygens (including phenoxy) is 3. The highest BCUT2D eigenvalue weighted by Crippen LogP contribution is 2.36. The minimum Gasteiger partial charge on any atom is -0.497 e. The molecule has 0 aliphatic carbocycles. The van der Waals surface area contributed by atoms with Crippen molar-refractivity contribution in [2.45, 2.75) is 32.8 Å². The Hall–Kier alpha value is -2.67. The lowest BCUT2D eigenvalue weighted by molar-refractivity contribution is 0.267. The number of hydrogen-bond donors (Lipinski definition) is 0. The fourth-order valence-electron chi connectivity index (χ4n) is 2.97. The average molecular weight is 419 g/mol. The molecular formula is C22H23F2NO3S. The number of hydrogen-bond acceptors (Lipinski definition) is 5. The molecule has 0 aliphatic heterocycles. The number of benzene rings is 2. The largest absolute Gasteiger partial charge is 0.497 e. The summed E-state index contributed by atoms with van der Waals surface area (Å²) in [7, 11) is 3.10. The van der Waals surface area contributed by atoms with Crippen molar-refractivity contribution in [2.24, 2.45) is 0 Å². The van der Waals surface area contributed by atoms with Gasteiger partial charge in [-0.3, -0.25) is 0 Å². The van der Waals surface area contributed by atoms with Gasteiger partial charge in [-0.2, -0.15) is 4.37 Å². The number of aromatic nitrogens is 1. The molecule has 154 valence electrons. The van der Waals surface area contributed by atoms with E-state index in [0.717, 1.165) is 29.0 Å². The van der Waals surface area contributed by atoms with Gasteiger partial charge in [-0.05, 0) is 71.9 Å². The molecule has 1 heterocycles. The first-order valence-corrected chi connectivity index (χ1v) is 10.1. The van der Waals surface area contributed by atoms with E-state index in [4.69, 9.17) is 14.2 Å². The van der Waals surface area contributed by atoms with Gasteiger partial charge in [-0.15, -0.1) is 0 Å². The third-order valence-electron chi connectivity index (χ3n) is 4.54. The monoisotopic (exact) mass is 419 g/mol. The molecule has 0 amide bonds. The van der Waals surface area contributed by atoms with Crippen molar-refractivity contribution in [3.8, 4) is 27.8 Å². The molecule has 4 nitrogen and oxygen atoms in total. The van der Waals surface area contributed by atoms with Crippen molar-refractivity contribution in [1.82, 2.24) is 4.37 Å². The molecule has 3 rings (SSSR count). The summed E-state index contributed by atoms with van der Waals surface area (Å²) in [5.41, 5.74) is 2.15. The van der Waals surface area contributed by atoms with Crippen molar-refractivity contribution in [2.75, 3.05) is 14.2 Å². The maximum Gasteiger partial charge on any atom is 0.232 e. The number of aryl methyl sites for hydroxylation is 1. The summed E-state index contributed by atoms with van der Waals surface area (Å²) in [5, 5.41) is 0. The molecule has 0 bridgehead atoms. The van der Waals surface area contributed by atoms with E-state index >= 15 is 0 Å². The number of methoxy groups -OCH3 is 2. The van der Waals surface area contributed by atoms with Crippen molar-refractivity contribution in [3.63, 3.8) is 0 Å². The number of nitrogens with zero attached hydrogens (tertiary/aromatic N) is 1. The molecule has 7 heteroatoms. The Morgan fingerprint density at radius 2 is 1.69 bits per heavy atom. The standard InChI is InChI=1S/C22H23F2NO3S/c1-4-5-6-14-11-18(23)20(19(24)12-14)28-13-17-21(29-25-22(17)27-3)15-7-9-16(26-2)10-8-15/h7-12H,4-6,13H2,1-3H3. The van der Waals surface area contributed by atoms with Crippen LogP contribution in [-0.4, -0.2) is 18.6 Å². The topological polar surface area (TPSA) is 40.6 Å². The normalized spacial score (nSPS) is 10.8. The van der Waals surface area contributed by atoms with Gasteiger partial charge in [-0.1, -0.05) is 13.3 Å². The van der Waals surface area contributed by atoms with E-state index in [0.29, 0.717) is 23.4 Å². The number of rotatable bonds is 9. The summed E-state index contributed by atoms with van der Waals surface area (Å²) in [6.45, 7) is 1.97. The van der Waals surface area contributed by atoms with Gasteiger partial charge in [-0.25, -0.2) is 8.78 Å². The molecule has 0 spiro atoms. The van der Waals surface area contributed by atoms with Crippen LogP contribution in [-0.2, 0) is 13.0 Å². The van der Waals surface area contributed by atoms with Crippen LogP contribution in [0.2, 0.25) is 0 Å². The van der Waals surface area contributed by atoms with Gasteiger partial charge in [0.25, 0.3) is 0 Å². The molecule has 3 aromatic rings. The Labute approximate surface area is 173 Å². The third-order valence-corrected chi connectivity index (χ3v) is 5.46. The molecule has 29 heavy (non-hydrogen) atoms. The lowest BCUT2D eigenvalue weighted by atomic mass is 10.1. The maximum absolute atomic E-state index is 14.4. The first-order chi connectivity index (χ1) is 14.1. The predicted molar refractivity (Wildman–Crippen MR) is 110 cm³/mol. The molecule has 0 aliphatic rings.